The third-order valence-electron chi connectivity index (χ3n) is 4.47. The Balaban J connectivity index is 1.97. The van der Waals surface area contributed by atoms with E-state index >= 15 is 0 Å². The first-order valence-corrected chi connectivity index (χ1v) is 8.51. The second-order valence-corrected chi connectivity index (χ2v) is 6.79. The molecule has 2 rings (SSSR count). The molecule has 0 spiro atoms. The van der Waals surface area contributed by atoms with Crippen LogP contribution in [0, 0.1) is 0 Å². The van der Waals surface area contributed by atoms with Gasteiger partial charge in [0.2, 0.25) is 5.91 Å². The number of hydrogen-bond acceptors (Lipinski definition) is 4. The Labute approximate surface area is 144 Å². The Morgan fingerprint density at radius 1 is 1.17 bits per heavy atom. The molecule has 1 aliphatic rings. The van der Waals surface area contributed by atoms with Crippen LogP contribution in [-0.4, -0.2) is 60.4 Å². The van der Waals surface area contributed by atoms with E-state index < -0.39 is 5.54 Å². The maximum atomic E-state index is 12.5. The number of piperazine rings is 1. The van der Waals surface area contributed by atoms with Gasteiger partial charge in [0.15, 0.2) is 0 Å². The quantitative estimate of drug-likeness (QED) is 0.857. The van der Waals surface area contributed by atoms with Gasteiger partial charge in [0, 0.05) is 37.4 Å². The molecule has 1 heterocycles. The Morgan fingerprint density at radius 3 is 2.29 bits per heavy atom. The summed E-state index contributed by atoms with van der Waals surface area (Å²) in [6.07, 6.45) is 1.47. The average molecular weight is 332 g/mol. The number of nitrogens with zero attached hydrogens (tertiary/aromatic N) is 2. The minimum atomic E-state index is -0.886. The van der Waals surface area contributed by atoms with Gasteiger partial charge in [-0.3, -0.25) is 9.59 Å². The van der Waals surface area contributed by atoms with Gasteiger partial charge in [-0.1, -0.05) is 13.3 Å². The molecule has 0 radical (unpaired) electrons. The lowest BCUT2D eigenvalue weighted by Gasteiger charge is -2.32. The molecule has 1 aliphatic heterocycles. The fraction of sp³-hybridized carbons (Fsp3) is 0.556. The molecular formula is C18H28N4O2. The lowest BCUT2D eigenvalue weighted by atomic mass is 9.96. The van der Waals surface area contributed by atoms with Gasteiger partial charge < -0.3 is 20.9 Å². The zero-order valence-corrected chi connectivity index (χ0v) is 14.8. The van der Waals surface area contributed by atoms with Crippen LogP contribution in [0.2, 0.25) is 0 Å². The highest BCUT2D eigenvalue weighted by Crippen LogP contribution is 2.16. The molecule has 1 fully saturated rings. The molecule has 0 saturated carbocycles. The van der Waals surface area contributed by atoms with Gasteiger partial charge >= 0.3 is 0 Å². The lowest BCUT2D eigenvalue weighted by Crippen LogP contribution is -2.48. The van der Waals surface area contributed by atoms with Crippen molar-refractivity contribution >= 4 is 17.5 Å². The highest BCUT2D eigenvalue weighted by atomic mass is 16.2. The van der Waals surface area contributed by atoms with E-state index in [2.05, 4.69) is 17.3 Å². The van der Waals surface area contributed by atoms with Gasteiger partial charge in [0.05, 0.1) is 5.54 Å². The molecule has 1 unspecified atom stereocenters. The minimum Gasteiger partial charge on any atom is -0.336 e. The number of carbonyl (C=O) groups excluding carboxylic acids is 2. The van der Waals surface area contributed by atoms with Gasteiger partial charge in [-0.25, -0.2) is 0 Å². The van der Waals surface area contributed by atoms with E-state index in [1.165, 1.54) is 0 Å². The summed E-state index contributed by atoms with van der Waals surface area (Å²) < 4.78 is 0. The molecular weight excluding hydrogens is 304 g/mol. The number of likely N-dealkylation sites (N-methyl/N-ethyl adjacent to an activating group) is 1. The number of rotatable bonds is 5. The molecule has 0 bridgehead atoms. The maximum Gasteiger partial charge on any atom is 0.253 e. The van der Waals surface area contributed by atoms with Crippen LogP contribution in [0.25, 0.3) is 0 Å². The molecule has 1 atom stereocenters. The van der Waals surface area contributed by atoms with Crippen molar-refractivity contribution in [2.75, 3.05) is 38.5 Å². The van der Waals surface area contributed by atoms with Gasteiger partial charge in [-0.05, 0) is 44.7 Å². The molecule has 0 aliphatic carbocycles. The fourth-order valence-electron chi connectivity index (χ4n) is 2.79. The molecule has 1 saturated heterocycles. The van der Waals surface area contributed by atoms with E-state index in [0.29, 0.717) is 17.7 Å². The van der Waals surface area contributed by atoms with Crippen LogP contribution in [0.1, 0.15) is 37.0 Å². The van der Waals surface area contributed by atoms with Crippen molar-refractivity contribution in [1.29, 1.82) is 0 Å². The smallest absolute Gasteiger partial charge is 0.253 e. The van der Waals surface area contributed by atoms with Crippen molar-refractivity contribution in [3.8, 4) is 0 Å². The van der Waals surface area contributed by atoms with Crippen LogP contribution < -0.4 is 11.1 Å². The molecule has 1 aromatic carbocycles. The number of benzene rings is 1. The van der Waals surface area contributed by atoms with E-state index in [1.807, 2.05) is 11.8 Å². The molecule has 132 valence electrons. The van der Waals surface area contributed by atoms with Crippen LogP contribution in [-0.2, 0) is 4.79 Å². The molecule has 24 heavy (non-hydrogen) atoms. The number of amides is 2. The van der Waals surface area contributed by atoms with Crippen molar-refractivity contribution in [3.63, 3.8) is 0 Å². The molecule has 6 heteroatoms. The van der Waals surface area contributed by atoms with Gasteiger partial charge in [0.25, 0.3) is 5.91 Å². The standard InChI is InChI=1S/C18H28N4O2/c1-4-9-18(2,19)17(24)20-15-7-5-14(6-8-15)16(23)22-12-10-21(3)11-13-22/h5-8H,4,9-13,19H2,1-3H3,(H,20,24). The van der Waals surface area contributed by atoms with Crippen molar-refractivity contribution in [2.24, 2.45) is 5.73 Å². The largest absolute Gasteiger partial charge is 0.336 e. The highest BCUT2D eigenvalue weighted by molar-refractivity contribution is 5.98. The summed E-state index contributed by atoms with van der Waals surface area (Å²) in [4.78, 5) is 28.8. The first kappa shape index (κ1) is 18.4. The van der Waals surface area contributed by atoms with Gasteiger partial charge in [-0.15, -0.1) is 0 Å². The Bertz CT molecular complexity index is 575. The molecule has 3 N–H and O–H groups in total. The zero-order chi connectivity index (χ0) is 17.7. The number of hydrogen-bond donors (Lipinski definition) is 2. The average Bonchev–Trinajstić information content (AvgIpc) is 2.55. The predicted octanol–water partition coefficient (Wildman–Crippen LogP) is 1.53. The van der Waals surface area contributed by atoms with Gasteiger partial charge in [0.1, 0.15) is 0 Å². The third kappa shape index (κ3) is 4.55. The predicted molar refractivity (Wildman–Crippen MR) is 96.0 cm³/mol. The highest BCUT2D eigenvalue weighted by Gasteiger charge is 2.27. The topological polar surface area (TPSA) is 78.7 Å². The number of nitrogens with two attached hydrogens (primary N) is 1. The summed E-state index contributed by atoms with van der Waals surface area (Å²) in [7, 11) is 2.06. The van der Waals surface area contributed by atoms with Crippen molar-refractivity contribution in [1.82, 2.24) is 9.80 Å². The van der Waals surface area contributed by atoms with Gasteiger partial charge in [-0.2, -0.15) is 0 Å². The van der Waals surface area contributed by atoms with Crippen LogP contribution in [0.3, 0.4) is 0 Å². The van der Waals surface area contributed by atoms with E-state index in [4.69, 9.17) is 5.73 Å². The number of carbonyl (C=O) groups is 2. The second-order valence-electron chi connectivity index (χ2n) is 6.79. The van der Waals surface area contributed by atoms with Crippen LogP contribution >= 0.6 is 0 Å². The number of anilines is 1. The Kier molecular flexibility index (Phi) is 5.96. The second kappa shape index (κ2) is 7.77. The zero-order valence-electron chi connectivity index (χ0n) is 14.8. The SMILES string of the molecule is CCCC(C)(N)C(=O)Nc1ccc(C(=O)N2CCN(C)CC2)cc1. The summed E-state index contributed by atoms with van der Waals surface area (Å²) in [6.45, 7) is 7.01. The summed E-state index contributed by atoms with van der Waals surface area (Å²) in [5, 5.41) is 2.82. The Hall–Kier alpha value is -1.92. The van der Waals surface area contributed by atoms with Crippen LogP contribution in [0.5, 0.6) is 0 Å². The maximum absolute atomic E-state index is 12.5. The van der Waals surface area contributed by atoms with E-state index in [0.717, 1.165) is 32.6 Å². The molecule has 0 aromatic heterocycles. The van der Waals surface area contributed by atoms with Crippen LogP contribution in [0.15, 0.2) is 24.3 Å². The number of nitrogens with one attached hydrogen (secondary N) is 1. The summed E-state index contributed by atoms with van der Waals surface area (Å²) >= 11 is 0. The fourth-order valence-corrected chi connectivity index (χ4v) is 2.79. The third-order valence-corrected chi connectivity index (χ3v) is 4.47. The van der Waals surface area contributed by atoms with Crippen LogP contribution in [0.4, 0.5) is 5.69 Å². The first-order valence-electron chi connectivity index (χ1n) is 8.51. The minimum absolute atomic E-state index is 0.0376. The van der Waals surface area contributed by atoms with Crippen molar-refractivity contribution in [3.05, 3.63) is 29.8 Å². The first-order chi connectivity index (χ1) is 11.3. The monoisotopic (exact) mass is 332 g/mol. The summed E-state index contributed by atoms with van der Waals surface area (Å²) in [5.41, 5.74) is 6.44. The molecule has 2 amide bonds. The molecule has 6 nitrogen and oxygen atoms in total. The lowest BCUT2D eigenvalue weighted by molar-refractivity contribution is -0.120. The summed E-state index contributed by atoms with van der Waals surface area (Å²) in [6, 6.07) is 7.01. The molecule has 1 aromatic rings. The summed E-state index contributed by atoms with van der Waals surface area (Å²) in [5.74, 6) is -0.168. The normalized spacial score (nSPS) is 18.1. The Morgan fingerprint density at radius 2 is 1.75 bits per heavy atom. The van der Waals surface area contributed by atoms with E-state index in [9.17, 15) is 9.59 Å². The van der Waals surface area contributed by atoms with E-state index in [1.54, 1.807) is 31.2 Å². The van der Waals surface area contributed by atoms with E-state index in [-0.39, 0.29) is 11.8 Å². The van der Waals surface area contributed by atoms with Crippen molar-refractivity contribution in [2.45, 2.75) is 32.2 Å². The van der Waals surface area contributed by atoms with Crippen molar-refractivity contribution < 1.29 is 9.59 Å².